The van der Waals surface area contributed by atoms with Crippen molar-refractivity contribution in [3.05, 3.63) is 34.2 Å². The van der Waals surface area contributed by atoms with E-state index in [9.17, 15) is 14.4 Å². The summed E-state index contributed by atoms with van der Waals surface area (Å²) in [4.78, 5) is 38.1. The molecule has 2 unspecified atom stereocenters. The molecule has 1 saturated heterocycles. The summed E-state index contributed by atoms with van der Waals surface area (Å²) in [7, 11) is 0. The minimum absolute atomic E-state index is 0.0755. The number of pyridine rings is 1. The van der Waals surface area contributed by atoms with E-state index in [1.54, 1.807) is 0 Å². The second-order valence-electron chi connectivity index (χ2n) is 4.57. The van der Waals surface area contributed by atoms with E-state index >= 15 is 0 Å². The first-order valence-corrected chi connectivity index (χ1v) is 5.70. The molecule has 6 heteroatoms. The molecule has 1 fully saturated rings. The molecular weight excluding hydrogens is 236 g/mol. The largest absolute Gasteiger partial charge is 0.481 e. The summed E-state index contributed by atoms with van der Waals surface area (Å²) in [5.74, 6) is -1.79. The number of carbonyl (C=O) groups is 2. The summed E-state index contributed by atoms with van der Waals surface area (Å²) in [5, 5.41) is 9.00. The predicted octanol–water partition coefficient (Wildman–Crippen LogP) is 0.168. The number of nitrogens with one attached hydrogen (secondary N) is 1. The molecular formula is C12H14N2O4. The van der Waals surface area contributed by atoms with E-state index in [4.69, 9.17) is 5.11 Å². The van der Waals surface area contributed by atoms with Crippen molar-refractivity contribution >= 4 is 11.9 Å². The molecule has 2 rings (SSSR count). The molecule has 0 bridgehead atoms. The third-order valence-corrected chi connectivity index (χ3v) is 3.24. The van der Waals surface area contributed by atoms with Crippen molar-refractivity contribution in [1.29, 1.82) is 0 Å². The predicted molar refractivity (Wildman–Crippen MR) is 63.3 cm³/mol. The molecule has 0 saturated carbocycles. The van der Waals surface area contributed by atoms with Crippen molar-refractivity contribution in [1.82, 2.24) is 9.88 Å². The summed E-state index contributed by atoms with van der Waals surface area (Å²) >= 11 is 0. The minimum Gasteiger partial charge on any atom is -0.481 e. The Morgan fingerprint density at radius 1 is 1.44 bits per heavy atom. The van der Waals surface area contributed by atoms with Crippen molar-refractivity contribution in [2.24, 2.45) is 11.8 Å². The zero-order chi connectivity index (χ0) is 13.3. The molecule has 0 aliphatic carbocycles. The molecule has 1 aliphatic heterocycles. The van der Waals surface area contributed by atoms with Gasteiger partial charge in [-0.3, -0.25) is 14.4 Å². The SMILES string of the molecule is CC1CN(C(=O)c2cc[nH]c(=O)c2)CC1C(=O)O. The van der Waals surface area contributed by atoms with Gasteiger partial charge in [-0.25, -0.2) is 0 Å². The van der Waals surface area contributed by atoms with E-state index in [1.165, 1.54) is 23.2 Å². The third-order valence-electron chi connectivity index (χ3n) is 3.24. The number of amides is 1. The van der Waals surface area contributed by atoms with Gasteiger partial charge >= 0.3 is 5.97 Å². The third kappa shape index (κ3) is 2.27. The zero-order valence-electron chi connectivity index (χ0n) is 9.92. The van der Waals surface area contributed by atoms with E-state index in [1.807, 2.05) is 6.92 Å². The highest BCUT2D eigenvalue weighted by Crippen LogP contribution is 2.24. The Balaban J connectivity index is 2.17. The molecule has 0 radical (unpaired) electrons. The number of aromatic nitrogens is 1. The van der Waals surface area contributed by atoms with Gasteiger partial charge in [-0.1, -0.05) is 6.92 Å². The van der Waals surface area contributed by atoms with Crippen LogP contribution in [-0.4, -0.2) is 40.0 Å². The fourth-order valence-corrected chi connectivity index (χ4v) is 2.21. The van der Waals surface area contributed by atoms with Gasteiger partial charge in [0.05, 0.1) is 5.92 Å². The number of hydrogen-bond acceptors (Lipinski definition) is 3. The number of carboxylic acids is 1. The second-order valence-corrected chi connectivity index (χ2v) is 4.57. The van der Waals surface area contributed by atoms with Crippen molar-refractivity contribution in [2.45, 2.75) is 6.92 Å². The average molecular weight is 250 g/mol. The van der Waals surface area contributed by atoms with Crippen molar-refractivity contribution in [3.8, 4) is 0 Å². The Bertz CT molecular complexity index is 537. The van der Waals surface area contributed by atoms with Crippen LogP contribution in [0.1, 0.15) is 17.3 Å². The molecule has 1 aromatic heterocycles. The molecule has 0 spiro atoms. The van der Waals surface area contributed by atoms with Crippen LogP contribution in [-0.2, 0) is 4.79 Å². The Hall–Kier alpha value is -2.11. The topological polar surface area (TPSA) is 90.5 Å². The van der Waals surface area contributed by atoms with Gasteiger partial charge in [0.2, 0.25) is 5.56 Å². The molecule has 6 nitrogen and oxygen atoms in total. The van der Waals surface area contributed by atoms with Gasteiger partial charge in [-0.15, -0.1) is 0 Å². The van der Waals surface area contributed by atoms with Crippen LogP contribution in [0.4, 0.5) is 0 Å². The van der Waals surface area contributed by atoms with Gasteiger partial charge in [-0.05, 0) is 12.0 Å². The summed E-state index contributed by atoms with van der Waals surface area (Å²) < 4.78 is 0. The van der Waals surface area contributed by atoms with E-state index in [2.05, 4.69) is 4.98 Å². The molecule has 18 heavy (non-hydrogen) atoms. The molecule has 2 N–H and O–H groups in total. The number of aliphatic carboxylic acids is 1. The number of nitrogens with zero attached hydrogens (tertiary/aromatic N) is 1. The molecule has 0 aromatic carbocycles. The van der Waals surface area contributed by atoms with Gasteiger partial charge in [0.1, 0.15) is 0 Å². The van der Waals surface area contributed by atoms with Gasteiger partial charge in [-0.2, -0.15) is 0 Å². The molecule has 96 valence electrons. The molecule has 2 heterocycles. The average Bonchev–Trinajstić information content (AvgIpc) is 2.70. The Morgan fingerprint density at radius 2 is 2.17 bits per heavy atom. The van der Waals surface area contributed by atoms with Crippen LogP contribution in [0.2, 0.25) is 0 Å². The van der Waals surface area contributed by atoms with E-state index in [0.29, 0.717) is 6.54 Å². The van der Waals surface area contributed by atoms with Crippen LogP contribution in [0.3, 0.4) is 0 Å². The lowest BCUT2D eigenvalue weighted by Gasteiger charge is -2.15. The molecule has 1 aromatic rings. The number of hydrogen-bond donors (Lipinski definition) is 2. The van der Waals surface area contributed by atoms with E-state index in [-0.39, 0.29) is 29.5 Å². The summed E-state index contributed by atoms with van der Waals surface area (Å²) in [5.41, 5.74) is -0.0557. The maximum absolute atomic E-state index is 12.1. The van der Waals surface area contributed by atoms with Gasteiger partial charge in [0, 0.05) is 30.9 Å². The summed E-state index contributed by atoms with van der Waals surface area (Å²) in [6, 6.07) is 2.74. The molecule has 1 aliphatic rings. The van der Waals surface area contributed by atoms with Crippen LogP contribution in [0, 0.1) is 11.8 Å². The smallest absolute Gasteiger partial charge is 0.308 e. The lowest BCUT2D eigenvalue weighted by Crippen LogP contribution is -2.30. The van der Waals surface area contributed by atoms with Crippen LogP contribution in [0.15, 0.2) is 23.1 Å². The van der Waals surface area contributed by atoms with Crippen LogP contribution in [0.5, 0.6) is 0 Å². The van der Waals surface area contributed by atoms with Crippen molar-refractivity contribution in [3.63, 3.8) is 0 Å². The van der Waals surface area contributed by atoms with Crippen molar-refractivity contribution in [2.75, 3.05) is 13.1 Å². The van der Waals surface area contributed by atoms with Crippen LogP contribution >= 0.6 is 0 Å². The van der Waals surface area contributed by atoms with Crippen molar-refractivity contribution < 1.29 is 14.7 Å². The fraction of sp³-hybridized carbons (Fsp3) is 0.417. The van der Waals surface area contributed by atoms with Crippen LogP contribution < -0.4 is 5.56 Å². The Labute approximate surface area is 103 Å². The summed E-state index contributed by atoms with van der Waals surface area (Å²) in [6.07, 6.45) is 1.41. The number of rotatable bonds is 2. The maximum atomic E-state index is 12.1. The van der Waals surface area contributed by atoms with Gasteiger partial charge in [0.25, 0.3) is 5.91 Å². The standard InChI is InChI=1S/C12H14N2O4/c1-7-5-14(6-9(7)12(17)18)11(16)8-2-3-13-10(15)4-8/h2-4,7,9H,5-6H2,1H3,(H,13,15)(H,17,18). The normalized spacial score (nSPS) is 23.1. The molecule has 1 amide bonds. The number of H-pyrrole nitrogens is 1. The quantitative estimate of drug-likeness (QED) is 0.782. The number of carboxylic acid groups (broad SMARTS) is 1. The number of aromatic amines is 1. The highest BCUT2D eigenvalue weighted by atomic mass is 16.4. The highest BCUT2D eigenvalue weighted by Gasteiger charge is 2.37. The van der Waals surface area contributed by atoms with E-state index in [0.717, 1.165) is 0 Å². The monoisotopic (exact) mass is 250 g/mol. The highest BCUT2D eigenvalue weighted by molar-refractivity contribution is 5.94. The van der Waals surface area contributed by atoms with Gasteiger partial charge in [0.15, 0.2) is 0 Å². The first kappa shape index (κ1) is 12.3. The van der Waals surface area contributed by atoms with E-state index < -0.39 is 11.9 Å². The lowest BCUT2D eigenvalue weighted by molar-refractivity contribution is -0.142. The number of carbonyl (C=O) groups excluding carboxylic acids is 1. The Morgan fingerprint density at radius 3 is 2.72 bits per heavy atom. The minimum atomic E-state index is -0.885. The van der Waals surface area contributed by atoms with Crippen LogP contribution in [0.25, 0.3) is 0 Å². The lowest BCUT2D eigenvalue weighted by atomic mass is 9.99. The first-order chi connectivity index (χ1) is 8.49. The molecule has 2 atom stereocenters. The zero-order valence-corrected chi connectivity index (χ0v) is 9.92. The fourth-order valence-electron chi connectivity index (χ4n) is 2.21. The number of likely N-dealkylation sites (tertiary alicyclic amines) is 1. The Kier molecular flexibility index (Phi) is 3.18. The maximum Gasteiger partial charge on any atom is 0.308 e. The van der Waals surface area contributed by atoms with Gasteiger partial charge < -0.3 is 15.0 Å². The summed E-state index contributed by atoms with van der Waals surface area (Å²) in [6.45, 7) is 2.41. The first-order valence-electron chi connectivity index (χ1n) is 5.70. The second kappa shape index (κ2) is 4.64.